The Morgan fingerprint density at radius 1 is 0.525 bits per heavy atom. The van der Waals surface area contributed by atoms with E-state index in [2.05, 4.69) is 98.9 Å². The summed E-state index contributed by atoms with van der Waals surface area (Å²) in [5.41, 5.74) is 0. The lowest BCUT2D eigenvalue weighted by Gasteiger charge is -2.31. The normalized spacial score (nSPS) is 13.7. The summed E-state index contributed by atoms with van der Waals surface area (Å²) in [5, 5.41) is 9.64. The second kappa shape index (κ2) is 43.2. The molecule has 0 fully saturated rings. The molecule has 0 saturated carbocycles. The van der Waals surface area contributed by atoms with Crippen LogP contribution in [0, 0.1) is 0 Å². The van der Waals surface area contributed by atoms with E-state index in [9.17, 15) is 19.5 Å². The molecule has 0 amide bonds. The quantitative estimate of drug-likeness (QED) is 0.0215. The van der Waals surface area contributed by atoms with Gasteiger partial charge in [-0.25, -0.2) is 4.79 Å². The number of carbonyl (C=O) groups excluding carboxylic acids is 2. The van der Waals surface area contributed by atoms with Crippen molar-refractivity contribution in [2.24, 2.45) is 0 Å². The van der Waals surface area contributed by atoms with Gasteiger partial charge in [0.25, 0.3) is 0 Å². The first-order chi connectivity index (χ1) is 29.6. The minimum atomic E-state index is -0.882. The maximum Gasteiger partial charge on any atom is 0.362 e. The van der Waals surface area contributed by atoms with E-state index in [1.54, 1.807) is 0 Å². The number of carboxylic acid groups (broad SMARTS) is 1. The number of ether oxygens (including phenoxy) is 3. The molecule has 0 aromatic rings. The van der Waals surface area contributed by atoms with Crippen molar-refractivity contribution in [2.45, 2.75) is 193 Å². The molecule has 348 valence electrons. The van der Waals surface area contributed by atoms with Crippen LogP contribution in [0.4, 0.5) is 0 Å². The Morgan fingerprint density at radius 2 is 0.967 bits per heavy atom. The molecular weight excluding hydrogens is 763 g/mol. The van der Waals surface area contributed by atoms with Crippen LogP contribution in [0.2, 0.25) is 0 Å². The Labute approximate surface area is 373 Å². The number of carbonyl (C=O) groups is 3. The summed E-state index contributed by atoms with van der Waals surface area (Å²) >= 11 is 0. The van der Waals surface area contributed by atoms with Crippen molar-refractivity contribution < 1.29 is 38.2 Å². The van der Waals surface area contributed by atoms with Crippen LogP contribution in [0.15, 0.2) is 85.1 Å². The SMILES string of the molecule is CC/C=C/C/C=C/C/C=C/C/C=C/C/C=C/CCCCCCCCC(=O)OCC(COCCC(C(=O)O)[N+](C)(C)C)OC(=O)CCCCCCCC/C=C/C=C/CCCCC. The van der Waals surface area contributed by atoms with E-state index in [-0.39, 0.29) is 36.2 Å². The number of hydrogen-bond acceptors (Lipinski definition) is 6. The van der Waals surface area contributed by atoms with E-state index < -0.39 is 18.1 Å². The van der Waals surface area contributed by atoms with Crippen LogP contribution >= 0.6 is 0 Å². The van der Waals surface area contributed by atoms with Gasteiger partial charge in [0.15, 0.2) is 12.1 Å². The molecule has 61 heavy (non-hydrogen) atoms. The highest BCUT2D eigenvalue weighted by molar-refractivity contribution is 5.72. The number of hydrogen-bond donors (Lipinski definition) is 1. The van der Waals surface area contributed by atoms with E-state index in [4.69, 9.17) is 14.2 Å². The van der Waals surface area contributed by atoms with Crippen LogP contribution in [0.1, 0.15) is 181 Å². The van der Waals surface area contributed by atoms with Gasteiger partial charge >= 0.3 is 17.9 Å². The Bertz CT molecular complexity index is 1270. The lowest BCUT2D eigenvalue weighted by atomic mass is 10.1. The molecule has 0 aliphatic rings. The van der Waals surface area contributed by atoms with Crippen molar-refractivity contribution in [3.05, 3.63) is 85.1 Å². The van der Waals surface area contributed by atoms with Gasteiger partial charge in [0.1, 0.15) is 6.61 Å². The third kappa shape index (κ3) is 41.6. The fraction of sp³-hybridized carbons (Fsp3) is 0.679. The number of carboxylic acids is 1. The zero-order chi connectivity index (χ0) is 44.9. The first-order valence-electron chi connectivity index (χ1n) is 24.1. The topological polar surface area (TPSA) is 99.1 Å². The molecule has 0 radical (unpaired) electrons. The molecule has 8 nitrogen and oxygen atoms in total. The van der Waals surface area contributed by atoms with Gasteiger partial charge < -0.3 is 23.8 Å². The Kier molecular flexibility index (Phi) is 40.7. The van der Waals surface area contributed by atoms with Gasteiger partial charge in [0.05, 0.1) is 34.4 Å². The van der Waals surface area contributed by atoms with Crippen molar-refractivity contribution in [2.75, 3.05) is 41.0 Å². The van der Waals surface area contributed by atoms with E-state index in [0.717, 1.165) is 103 Å². The molecule has 1 N–H and O–H groups in total. The van der Waals surface area contributed by atoms with Crippen LogP contribution in [-0.2, 0) is 28.6 Å². The van der Waals surface area contributed by atoms with Crippen molar-refractivity contribution in [1.29, 1.82) is 0 Å². The Hall–Kier alpha value is -3.49. The molecule has 0 rings (SSSR count). The summed E-state index contributed by atoms with van der Waals surface area (Å²) in [5.74, 6) is -1.51. The maximum absolute atomic E-state index is 12.8. The Balaban J connectivity index is 4.33. The summed E-state index contributed by atoms with van der Waals surface area (Å²) < 4.78 is 17.3. The summed E-state index contributed by atoms with van der Waals surface area (Å²) in [6.07, 6.45) is 56.2. The number of likely N-dealkylation sites (N-methyl/N-ethyl adjacent to an activating group) is 1. The van der Waals surface area contributed by atoms with Crippen molar-refractivity contribution in [3.63, 3.8) is 0 Å². The molecule has 0 spiro atoms. The van der Waals surface area contributed by atoms with Crippen molar-refractivity contribution >= 4 is 17.9 Å². The van der Waals surface area contributed by atoms with Crippen LogP contribution < -0.4 is 0 Å². The van der Waals surface area contributed by atoms with E-state index in [1.165, 1.54) is 44.9 Å². The molecule has 2 atom stereocenters. The van der Waals surface area contributed by atoms with E-state index in [0.29, 0.717) is 19.3 Å². The van der Waals surface area contributed by atoms with Gasteiger partial charge in [-0.3, -0.25) is 9.59 Å². The molecule has 2 unspecified atom stereocenters. The van der Waals surface area contributed by atoms with Gasteiger partial charge in [-0.15, -0.1) is 0 Å². The zero-order valence-corrected chi connectivity index (χ0v) is 39.6. The average Bonchev–Trinajstić information content (AvgIpc) is 3.22. The summed E-state index contributed by atoms with van der Waals surface area (Å²) in [7, 11) is 5.51. The molecule has 0 saturated heterocycles. The molecule has 0 aromatic heterocycles. The number of allylic oxidation sites excluding steroid dienone is 14. The molecule has 8 heteroatoms. The number of unbranched alkanes of at least 4 members (excludes halogenated alkanes) is 15. The standard InChI is InChI=1S/C53H89NO7/c1-6-8-10-12-14-16-18-20-22-23-24-25-26-27-28-30-31-33-35-37-39-41-43-51(55)60-48-49(47-59-46-45-50(53(57)58)54(3,4)5)61-52(56)44-42-40-38-36-34-32-29-21-19-17-15-13-11-9-7-2/h8,10,14-17,19-22,24-25,27-28,49-50H,6-7,9,11-13,18,23,26,29-48H2,1-5H3/p+1/b10-8+,16-14+,17-15+,21-19+,22-20+,25-24+,28-27+. The zero-order valence-electron chi connectivity index (χ0n) is 39.6. The summed E-state index contributed by atoms with van der Waals surface area (Å²) in [6.45, 7) is 4.56. The Morgan fingerprint density at radius 3 is 1.46 bits per heavy atom. The number of rotatable bonds is 42. The number of quaternary nitrogens is 1. The van der Waals surface area contributed by atoms with Crippen LogP contribution in [-0.4, -0.2) is 80.6 Å². The highest BCUT2D eigenvalue weighted by Crippen LogP contribution is 2.13. The molecule has 0 aliphatic heterocycles. The molecule has 0 aliphatic carbocycles. The summed E-state index contributed by atoms with van der Waals surface area (Å²) in [4.78, 5) is 37.1. The van der Waals surface area contributed by atoms with E-state index >= 15 is 0 Å². The van der Waals surface area contributed by atoms with Crippen LogP contribution in [0.5, 0.6) is 0 Å². The van der Waals surface area contributed by atoms with Gasteiger partial charge in [-0.05, 0) is 83.5 Å². The highest BCUT2D eigenvalue weighted by Gasteiger charge is 2.31. The fourth-order valence-electron chi connectivity index (χ4n) is 6.58. The smallest absolute Gasteiger partial charge is 0.362 e. The second-order valence-electron chi connectivity index (χ2n) is 17.0. The van der Waals surface area contributed by atoms with Crippen molar-refractivity contribution in [3.8, 4) is 0 Å². The third-order valence-corrected chi connectivity index (χ3v) is 10.3. The number of aliphatic carboxylic acids is 1. The van der Waals surface area contributed by atoms with E-state index in [1.807, 2.05) is 21.1 Å². The lowest BCUT2D eigenvalue weighted by molar-refractivity contribution is -0.887. The lowest BCUT2D eigenvalue weighted by Crippen LogP contribution is -2.50. The largest absolute Gasteiger partial charge is 0.477 e. The predicted molar refractivity (Wildman–Crippen MR) is 256 cm³/mol. The van der Waals surface area contributed by atoms with Gasteiger partial charge in [0.2, 0.25) is 0 Å². The fourth-order valence-corrected chi connectivity index (χ4v) is 6.58. The average molecular weight is 853 g/mol. The summed E-state index contributed by atoms with van der Waals surface area (Å²) in [6, 6.07) is -0.624. The maximum atomic E-state index is 12.8. The van der Waals surface area contributed by atoms with Gasteiger partial charge in [-0.2, -0.15) is 0 Å². The molecule has 0 aromatic carbocycles. The predicted octanol–water partition coefficient (Wildman–Crippen LogP) is 13.7. The third-order valence-electron chi connectivity index (χ3n) is 10.3. The molecular formula is C53H90NO7+. The van der Waals surface area contributed by atoms with Crippen molar-refractivity contribution in [1.82, 2.24) is 0 Å². The number of esters is 2. The first-order valence-corrected chi connectivity index (χ1v) is 24.1. The second-order valence-corrected chi connectivity index (χ2v) is 17.0. The number of nitrogens with zero attached hydrogens (tertiary/aromatic N) is 1. The monoisotopic (exact) mass is 853 g/mol. The first kappa shape index (κ1) is 57.5. The van der Waals surface area contributed by atoms with Crippen LogP contribution in [0.3, 0.4) is 0 Å². The van der Waals surface area contributed by atoms with Gasteiger partial charge in [0, 0.05) is 19.3 Å². The molecule has 0 bridgehead atoms. The minimum absolute atomic E-state index is 0.0468. The molecule has 0 heterocycles. The van der Waals surface area contributed by atoms with Crippen LogP contribution in [0.25, 0.3) is 0 Å². The van der Waals surface area contributed by atoms with Gasteiger partial charge in [-0.1, -0.05) is 163 Å². The highest BCUT2D eigenvalue weighted by atomic mass is 16.6. The minimum Gasteiger partial charge on any atom is -0.477 e.